The minimum atomic E-state index is -1.96. The summed E-state index contributed by atoms with van der Waals surface area (Å²) in [5.74, 6) is -5.93. The van der Waals surface area contributed by atoms with Gasteiger partial charge in [-0.05, 0) is 136 Å². The number of hydroxylamine groups is 6. The quantitative estimate of drug-likeness (QED) is 0.201. The monoisotopic (exact) mass is 797 g/mol. The third-order valence-corrected chi connectivity index (χ3v) is 13.0. The molecule has 4 aliphatic heterocycles. The Morgan fingerprint density at radius 3 is 0.893 bits per heavy atom. The summed E-state index contributed by atoms with van der Waals surface area (Å²) >= 11 is 0. The van der Waals surface area contributed by atoms with Crippen LogP contribution in [0.2, 0.25) is 0 Å². The summed E-state index contributed by atoms with van der Waals surface area (Å²) in [6.07, 6.45) is -2.51. The van der Waals surface area contributed by atoms with Crippen molar-refractivity contribution in [3.8, 4) is 0 Å². The van der Waals surface area contributed by atoms with Gasteiger partial charge in [0.05, 0.1) is 61.6 Å². The molecule has 15 nitrogen and oxygen atoms in total. The van der Waals surface area contributed by atoms with Crippen LogP contribution in [0.4, 0.5) is 0 Å². The molecule has 1 N–H and O–H groups in total. The van der Waals surface area contributed by atoms with Crippen LogP contribution in [-0.2, 0) is 52.6 Å². The van der Waals surface area contributed by atoms with Crippen molar-refractivity contribution in [2.24, 2.45) is 23.7 Å². The summed E-state index contributed by atoms with van der Waals surface area (Å²) in [6, 6.07) is 0. The van der Waals surface area contributed by atoms with Crippen molar-refractivity contribution in [1.29, 1.82) is 0 Å². The molecule has 0 bridgehead atoms. The molecule has 0 amide bonds. The molecule has 4 saturated heterocycles. The van der Waals surface area contributed by atoms with Gasteiger partial charge in [-0.1, -0.05) is 0 Å². The van der Waals surface area contributed by atoms with E-state index >= 15 is 0 Å². The van der Waals surface area contributed by atoms with E-state index in [-0.39, 0.29) is 0 Å². The lowest BCUT2D eigenvalue weighted by molar-refractivity contribution is -0.271. The van der Waals surface area contributed by atoms with Crippen LogP contribution in [0.15, 0.2) is 0 Å². The SMILES string of the molecule is CON1C(C)(C)CC(C(=O)OC(OC(=O)C2CC(C)(C)NC2(C)C)C(OC(=O)C2CC(C)(C)N(OC)C2(C)C)OC(=O)C2CC(C)(C)N(OC)C2(C)C)C1(C)C. The molecule has 0 aromatic heterocycles. The van der Waals surface area contributed by atoms with Crippen LogP contribution in [0.25, 0.3) is 0 Å². The smallest absolute Gasteiger partial charge is 0.320 e. The van der Waals surface area contributed by atoms with Gasteiger partial charge >= 0.3 is 36.5 Å². The van der Waals surface area contributed by atoms with E-state index in [1.165, 1.54) is 0 Å². The summed E-state index contributed by atoms with van der Waals surface area (Å²) in [4.78, 5) is 74.9. The molecule has 0 spiro atoms. The lowest BCUT2D eigenvalue weighted by Gasteiger charge is -2.39. The molecule has 0 radical (unpaired) electrons. The highest BCUT2D eigenvalue weighted by Crippen LogP contribution is 2.49. The Morgan fingerprint density at radius 2 is 0.696 bits per heavy atom. The lowest BCUT2D eigenvalue weighted by atomic mass is 9.87. The predicted molar refractivity (Wildman–Crippen MR) is 207 cm³/mol. The number of hydrogen-bond acceptors (Lipinski definition) is 15. The van der Waals surface area contributed by atoms with Crippen molar-refractivity contribution in [1.82, 2.24) is 20.5 Å². The van der Waals surface area contributed by atoms with E-state index in [2.05, 4.69) is 5.32 Å². The number of ether oxygens (including phenoxy) is 4. The van der Waals surface area contributed by atoms with E-state index in [1.807, 2.05) is 111 Å². The van der Waals surface area contributed by atoms with Gasteiger partial charge in [0.15, 0.2) is 0 Å². The highest BCUT2D eigenvalue weighted by Gasteiger charge is 2.61. The van der Waals surface area contributed by atoms with Crippen LogP contribution >= 0.6 is 0 Å². The molecule has 5 unspecified atom stereocenters. The van der Waals surface area contributed by atoms with Gasteiger partial charge in [0.2, 0.25) is 0 Å². The molecule has 4 fully saturated rings. The van der Waals surface area contributed by atoms with E-state index in [1.54, 1.807) is 36.5 Å². The maximum absolute atomic E-state index is 14.5. The average molecular weight is 797 g/mol. The summed E-state index contributed by atoms with van der Waals surface area (Å²) < 4.78 is 24.6. The molecule has 4 heterocycles. The standard InChI is InChI=1S/C41H72N4O11/c1-34(2)20-24(38(9,10)42-34)28(46)53-32(54-29(47)25-21-35(3,4)43(50-17)39(25,11)12)33(55-30(48)26-22-36(5,6)44(51-18)40(26,13)14)56-31(49)27-23-37(7,8)45(52-19)41(27,15)16/h24-27,32-33,42H,20-23H2,1-19H3. The fraction of sp³-hybridized carbons (Fsp3) is 0.902. The Balaban J connectivity index is 1.80. The molecular weight excluding hydrogens is 724 g/mol. The molecule has 4 rings (SSSR count). The molecule has 0 aromatic carbocycles. The van der Waals surface area contributed by atoms with Crippen molar-refractivity contribution < 1.29 is 52.6 Å². The van der Waals surface area contributed by atoms with E-state index in [4.69, 9.17) is 33.5 Å². The van der Waals surface area contributed by atoms with Crippen LogP contribution in [0.3, 0.4) is 0 Å². The highest BCUT2D eigenvalue weighted by atomic mass is 16.8. The minimum absolute atomic E-state index is 0.333. The van der Waals surface area contributed by atoms with Crippen molar-refractivity contribution in [3.05, 3.63) is 0 Å². The van der Waals surface area contributed by atoms with Gasteiger partial charge < -0.3 is 38.8 Å². The Kier molecular flexibility index (Phi) is 12.4. The second-order valence-corrected chi connectivity index (χ2v) is 21.1. The molecule has 0 saturated carbocycles. The van der Waals surface area contributed by atoms with Gasteiger partial charge in [-0.2, -0.15) is 15.2 Å². The minimum Gasteiger partial charge on any atom is -0.417 e. The Labute approximate surface area is 334 Å². The Bertz CT molecular complexity index is 1460. The Morgan fingerprint density at radius 1 is 0.446 bits per heavy atom. The summed E-state index contributed by atoms with van der Waals surface area (Å²) in [7, 11) is 4.63. The van der Waals surface area contributed by atoms with Crippen molar-refractivity contribution in [2.75, 3.05) is 21.3 Å². The van der Waals surface area contributed by atoms with Gasteiger partial charge in [-0.25, -0.2) is 0 Å². The molecule has 5 atom stereocenters. The van der Waals surface area contributed by atoms with Gasteiger partial charge in [0.1, 0.15) is 0 Å². The summed E-state index contributed by atoms with van der Waals surface area (Å²) in [6.45, 7) is 30.6. The first-order valence-corrected chi connectivity index (χ1v) is 19.9. The summed E-state index contributed by atoms with van der Waals surface area (Å²) in [5.41, 5.74) is -5.42. The first kappa shape index (κ1) is 46.3. The van der Waals surface area contributed by atoms with Crippen LogP contribution in [-0.4, -0.2) is 117 Å². The topological polar surface area (TPSA) is 155 Å². The number of carbonyl (C=O) groups excluding carboxylic acids is 4. The third-order valence-electron chi connectivity index (χ3n) is 13.0. The fourth-order valence-electron chi connectivity index (χ4n) is 11.0. The van der Waals surface area contributed by atoms with Crippen molar-refractivity contribution >= 4 is 23.9 Å². The second-order valence-electron chi connectivity index (χ2n) is 21.1. The molecule has 15 heteroatoms. The second kappa shape index (κ2) is 15.0. The first-order valence-electron chi connectivity index (χ1n) is 19.9. The van der Waals surface area contributed by atoms with Gasteiger partial charge in [-0.3, -0.25) is 19.2 Å². The molecule has 322 valence electrons. The number of esters is 4. The van der Waals surface area contributed by atoms with Gasteiger partial charge in [-0.15, -0.1) is 0 Å². The molecule has 0 aromatic rings. The number of carbonyl (C=O) groups is 4. The van der Waals surface area contributed by atoms with Crippen LogP contribution < -0.4 is 5.32 Å². The lowest BCUT2D eigenvalue weighted by Crippen LogP contribution is -2.53. The zero-order valence-electron chi connectivity index (χ0n) is 37.6. The van der Waals surface area contributed by atoms with E-state index in [0.717, 1.165) is 0 Å². The normalized spacial score (nSPS) is 32.1. The Hall–Kier alpha value is -2.40. The van der Waals surface area contributed by atoms with E-state index < -0.39 is 104 Å². The molecule has 56 heavy (non-hydrogen) atoms. The third kappa shape index (κ3) is 8.37. The van der Waals surface area contributed by atoms with E-state index in [9.17, 15) is 19.2 Å². The average Bonchev–Trinajstić information content (AvgIpc) is 3.54. The number of nitrogens with zero attached hydrogens (tertiary/aromatic N) is 3. The zero-order chi connectivity index (χ0) is 43.0. The number of nitrogens with one attached hydrogen (secondary N) is 1. The maximum Gasteiger partial charge on any atom is 0.320 e. The highest BCUT2D eigenvalue weighted by molar-refractivity contribution is 5.79. The van der Waals surface area contributed by atoms with Gasteiger partial charge in [0, 0.05) is 27.7 Å². The van der Waals surface area contributed by atoms with E-state index in [0.29, 0.717) is 25.7 Å². The molecular formula is C41H72N4O11. The number of rotatable bonds is 12. The molecule has 4 aliphatic rings. The number of hydrogen-bond donors (Lipinski definition) is 1. The fourth-order valence-corrected chi connectivity index (χ4v) is 11.0. The van der Waals surface area contributed by atoms with Gasteiger partial charge in [0.25, 0.3) is 0 Å². The van der Waals surface area contributed by atoms with Crippen molar-refractivity contribution in [3.63, 3.8) is 0 Å². The summed E-state index contributed by atoms with van der Waals surface area (Å²) in [5, 5.41) is 8.72. The first-order chi connectivity index (χ1) is 25.2. The van der Waals surface area contributed by atoms with Crippen LogP contribution in [0, 0.1) is 23.7 Å². The largest absolute Gasteiger partial charge is 0.417 e. The van der Waals surface area contributed by atoms with Crippen LogP contribution in [0.1, 0.15) is 136 Å². The predicted octanol–water partition coefficient (Wildman–Crippen LogP) is 5.30. The zero-order valence-corrected chi connectivity index (χ0v) is 37.6. The molecule has 0 aliphatic carbocycles. The van der Waals surface area contributed by atoms with Crippen molar-refractivity contribution in [2.45, 2.75) is 193 Å². The van der Waals surface area contributed by atoms with Crippen LogP contribution in [0.5, 0.6) is 0 Å². The maximum atomic E-state index is 14.5.